The fourth-order valence-electron chi connectivity index (χ4n) is 2.92. The normalized spacial score (nSPS) is 29.2. The van der Waals surface area contributed by atoms with Gasteiger partial charge in [0.25, 0.3) is 11.8 Å². The molecule has 1 unspecified atom stereocenters. The molecule has 4 amide bonds. The average Bonchev–Trinajstić information content (AvgIpc) is 2.74. The van der Waals surface area contributed by atoms with Crippen molar-refractivity contribution >= 4 is 17.8 Å². The summed E-state index contributed by atoms with van der Waals surface area (Å²) in [4.78, 5) is 37.0. The predicted octanol–water partition coefficient (Wildman–Crippen LogP) is -1.82. The van der Waals surface area contributed by atoms with Crippen LogP contribution in [-0.4, -0.2) is 67.2 Å². The van der Waals surface area contributed by atoms with Crippen LogP contribution in [0.15, 0.2) is 0 Å². The van der Waals surface area contributed by atoms with E-state index in [1.165, 1.54) is 0 Å². The molecule has 3 N–H and O–H groups in total. The Morgan fingerprint density at radius 1 is 1.30 bits per heavy atom. The largest absolute Gasteiger partial charge is 0.366 e. The average molecular weight is 282 g/mol. The summed E-state index contributed by atoms with van der Waals surface area (Å²) in [7, 11) is 0. The number of nitrogens with zero attached hydrogens (tertiary/aromatic N) is 1. The Labute approximate surface area is 116 Å². The first-order valence-electron chi connectivity index (χ1n) is 6.85. The maximum atomic E-state index is 12.3. The van der Waals surface area contributed by atoms with E-state index in [9.17, 15) is 14.4 Å². The van der Waals surface area contributed by atoms with Crippen LogP contribution >= 0.6 is 0 Å². The molecule has 1 atom stereocenters. The van der Waals surface area contributed by atoms with Crippen LogP contribution in [0.25, 0.3) is 0 Å². The van der Waals surface area contributed by atoms with Crippen LogP contribution in [-0.2, 0) is 14.3 Å². The van der Waals surface area contributed by atoms with E-state index in [0.717, 1.165) is 6.54 Å². The topological polar surface area (TPSA) is 99.8 Å². The van der Waals surface area contributed by atoms with Gasteiger partial charge in [0.2, 0.25) is 0 Å². The zero-order valence-electron chi connectivity index (χ0n) is 11.1. The summed E-state index contributed by atoms with van der Waals surface area (Å²) in [5.41, 5.74) is -0.834. The zero-order valence-corrected chi connectivity index (χ0v) is 11.1. The van der Waals surface area contributed by atoms with Gasteiger partial charge in [-0.05, 0) is 12.8 Å². The summed E-state index contributed by atoms with van der Waals surface area (Å²) in [6, 6.07) is -0.449. The molecule has 0 bridgehead atoms. The lowest BCUT2D eigenvalue weighted by Gasteiger charge is -2.38. The van der Waals surface area contributed by atoms with E-state index < -0.39 is 17.7 Å². The van der Waals surface area contributed by atoms with E-state index in [0.29, 0.717) is 39.1 Å². The Hall–Kier alpha value is -1.67. The molecule has 0 saturated carbocycles. The van der Waals surface area contributed by atoms with Crippen LogP contribution < -0.4 is 16.0 Å². The van der Waals surface area contributed by atoms with Crippen molar-refractivity contribution in [1.82, 2.24) is 20.9 Å². The molecule has 1 spiro atoms. The number of hydrogen-bond donors (Lipinski definition) is 3. The van der Waals surface area contributed by atoms with Gasteiger partial charge in [0.15, 0.2) is 0 Å². The molecule has 3 aliphatic heterocycles. The summed E-state index contributed by atoms with van der Waals surface area (Å²) in [5.74, 6) is -0.332. The minimum Gasteiger partial charge on any atom is -0.366 e. The molecule has 0 radical (unpaired) electrons. The lowest BCUT2D eigenvalue weighted by molar-refractivity contribution is -0.148. The Bertz CT molecular complexity index is 439. The Morgan fingerprint density at radius 2 is 2.05 bits per heavy atom. The second-order valence-electron chi connectivity index (χ2n) is 5.38. The van der Waals surface area contributed by atoms with Crippen molar-refractivity contribution in [2.75, 3.05) is 32.8 Å². The first-order chi connectivity index (χ1) is 9.61. The highest BCUT2D eigenvalue weighted by Crippen LogP contribution is 2.26. The van der Waals surface area contributed by atoms with E-state index in [-0.39, 0.29) is 11.8 Å². The van der Waals surface area contributed by atoms with Crippen LogP contribution in [0.1, 0.15) is 12.8 Å². The number of rotatable bonds is 1. The molecule has 3 rings (SSSR count). The number of urea groups is 1. The van der Waals surface area contributed by atoms with Crippen LogP contribution in [0.3, 0.4) is 0 Å². The highest BCUT2D eigenvalue weighted by atomic mass is 16.5. The third-order valence-corrected chi connectivity index (χ3v) is 4.15. The van der Waals surface area contributed by atoms with Crippen molar-refractivity contribution < 1.29 is 19.1 Å². The van der Waals surface area contributed by atoms with Gasteiger partial charge in [0.05, 0.1) is 6.61 Å². The number of carbonyl (C=O) groups excluding carboxylic acids is 3. The third kappa shape index (κ3) is 2.25. The molecule has 0 aliphatic carbocycles. The molecule has 0 aromatic heterocycles. The van der Waals surface area contributed by atoms with Crippen molar-refractivity contribution in [2.45, 2.75) is 24.5 Å². The predicted molar refractivity (Wildman–Crippen MR) is 67.8 cm³/mol. The molecule has 8 heteroatoms. The number of likely N-dealkylation sites (tertiary alicyclic amines) is 1. The number of amides is 4. The molecule has 3 saturated heterocycles. The first kappa shape index (κ1) is 13.3. The van der Waals surface area contributed by atoms with Crippen molar-refractivity contribution in [3.8, 4) is 0 Å². The summed E-state index contributed by atoms with van der Waals surface area (Å²) >= 11 is 0. The number of piperidine rings is 1. The molecule has 110 valence electrons. The van der Waals surface area contributed by atoms with Crippen LogP contribution in [0.2, 0.25) is 0 Å². The van der Waals surface area contributed by atoms with Gasteiger partial charge in [-0.25, -0.2) is 4.79 Å². The third-order valence-electron chi connectivity index (χ3n) is 4.15. The fourth-order valence-corrected chi connectivity index (χ4v) is 2.92. The zero-order chi connectivity index (χ0) is 14.2. The van der Waals surface area contributed by atoms with Crippen LogP contribution in [0, 0.1) is 0 Å². The van der Waals surface area contributed by atoms with Crippen molar-refractivity contribution in [3.63, 3.8) is 0 Å². The Balaban J connectivity index is 1.59. The fraction of sp³-hybridized carbons (Fsp3) is 0.750. The highest BCUT2D eigenvalue weighted by molar-refractivity contribution is 6.07. The van der Waals surface area contributed by atoms with Crippen molar-refractivity contribution in [1.29, 1.82) is 0 Å². The second kappa shape index (κ2) is 5.02. The Kier molecular flexibility index (Phi) is 3.35. The van der Waals surface area contributed by atoms with Crippen LogP contribution in [0.4, 0.5) is 4.79 Å². The summed E-state index contributed by atoms with van der Waals surface area (Å²) < 4.78 is 5.45. The van der Waals surface area contributed by atoms with Gasteiger partial charge in [-0.1, -0.05) is 0 Å². The highest BCUT2D eigenvalue weighted by Gasteiger charge is 2.48. The number of morpholine rings is 1. The standard InChI is InChI=1S/C12H18N4O4/c17-9(8-7-13-3-6-20-8)16-4-1-12(2-5-16)10(18)14-11(19)15-12/h8,13H,1-7H2,(H2,14,15,18,19). The lowest BCUT2D eigenvalue weighted by Crippen LogP contribution is -2.58. The quantitative estimate of drug-likeness (QED) is 0.492. The molecular weight excluding hydrogens is 264 g/mol. The molecule has 3 heterocycles. The Morgan fingerprint density at radius 3 is 2.60 bits per heavy atom. The van der Waals surface area contributed by atoms with Gasteiger partial charge in [-0.3, -0.25) is 14.9 Å². The minimum atomic E-state index is -0.834. The molecule has 0 aromatic carbocycles. The molecule has 3 aliphatic rings. The second-order valence-corrected chi connectivity index (χ2v) is 5.38. The van der Waals surface area contributed by atoms with Gasteiger partial charge in [-0.15, -0.1) is 0 Å². The molecular formula is C12H18N4O4. The molecule has 0 aromatic rings. The summed E-state index contributed by atoms with van der Waals surface area (Å²) in [6.45, 7) is 2.72. The molecule has 20 heavy (non-hydrogen) atoms. The lowest BCUT2D eigenvalue weighted by atomic mass is 9.87. The van der Waals surface area contributed by atoms with E-state index in [2.05, 4.69) is 16.0 Å². The van der Waals surface area contributed by atoms with Crippen molar-refractivity contribution in [3.05, 3.63) is 0 Å². The van der Waals surface area contributed by atoms with E-state index in [4.69, 9.17) is 4.74 Å². The SMILES string of the molecule is O=C1NC(=O)C2(CCN(C(=O)C3CNCCO3)CC2)N1. The maximum absolute atomic E-state index is 12.3. The first-order valence-corrected chi connectivity index (χ1v) is 6.85. The number of carbonyl (C=O) groups is 3. The number of nitrogens with one attached hydrogen (secondary N) is 3. The van der Waals surface area contributed by atoms with Gasteiger partial charge in [-0.2, -0.15) is 0 Å². The number of imide groups is 1. The van der Waals surface area contributed by atoms with Gasteiger partial charge in [0.1, 0.15) is 11.6 Å². The maximum Gasteiger partial charge on any atom is 0.322 e. The van der Waals surface area contributed by atoms with E-state index in [1.54, 1.807) is 4.90 Å². The smallest absolute Gasteiger partial charge is 0.322 e. The minimum absolute atomic E-state index is 0.0446. The number of hydrogen-bond acceptors (Lipinski definition) is 5. The van der Waals surface area contributed by atoms with E-state index in [1.807, 2.05) is 0 Å². The molecule has 8 nitrogen and oxygen atoms in total. The number of ether oxygens (including phenoxy) is 1. The van der Waals surface area contributed by atoms with Crippen molar-refractivity contribution in [2.24, 2.45) is 0 Å². The van der Waals surface area contributed by atoms with Gasteiger partial charge >= 0.3 is 6.03 Å². The van der Waals surface area contributed by atoms with Gasteiger partial charge in [0, 0.05) is 26.2 Å². The molecule has 3 fully saturated rings. The monoisotopic (exact) mass is 282 g/mol. The van der Waals surface area contributed by atoms with Gasteiger partial charge < -0.3 is 20.3 Å². The van der Waals surface area contributed by atoms with E-state index >= 15 is 0 Å². The summed E-state index contributed by atoms with van der Waals surface area (Å²) in [6.07, 6.45) is 0.442. The summed E-state index contributed by atoms with van der Waals surface area (Å²) in [5, 5.41) is 8.06. The van der Waals surface area contributed by atoms with Crippen LogP contribution in [0.5, 0.6) is 0 Å².